The number of rotatable bonds is 10. The lowest BCUT2D eigenvalue weighted by Gasteiger charge is -2.33. The van der Waals surface area contributed by atoms with Crippen LogP contribution in [-0.2, 0) is 4.79 Å². The zero-order chi connectivity index (χ0) is 25.5. The van der Waals surface area contributed by atoms with Crippen LogP contribution < -0.4 is 15.2 Å². The molecular formula is C29H30N4O4. The minimum Gasteiger partial charge on any atom is -0.492 e. The number of carbonyl (C=O) groups is 1. The van der Waals surface area contributed by atoms with E-state index in [9.17, 15) is 9.59 Å². The van der Waals surface area contributed by atoms with Gasteiger partial charge in [0.25, 0.3) is 0 Å². The summed E-state index contributed by atoms with van der Waals surface area (Å²) in [7, 11) is 0. The fourth-order valence-corrected chi connectivity index (χ4v) is 4.37. The van der Waals surface area contributed by atoms with Gasteiger partial charge in [0.15, 0.2) is 0 Å². The molecule has 3 aromatic carbocycles. The number of ether oxygens (including phenoxy) is 2. The summed E-state index contributed by atoms with van der Waals surface area (Å²) in [5.41, 5.74) is 1.38. The van der Waals surface area contributed by atoms with Gasteiger partial charge in [0.05, 0.1) is 17.9 Å². The van der Waals surface area contributed by atoms with Crippen LogP contribution in [0.15, 0.2) is 96.1 Å². The number of aromatic nitrogens is 2. The Morgan fingerprint density at radius 2 is 1.22 bits per heavy atom. The maximum Gasteiger partial charge on any atom is 0.337 e. The molecule has 1 aliphatic heterocycles. The molecule has 4 aromatic rings. The van der Waals surface area contributed by atoms with E-state index in [0.717, 1.165) is 61.9 Å². The number of piperazine rings is 1. The number of hydrogen-bond acceptors (Lipinski definition) is 6. The average molecular weight is 499 g/mol. The van der Waals surface area contributed by atoms with Crippen molar-refractivity contribution in [3.8, 4) is 28.6 Å². The third kappa shape index (κ3) is 6.17. The third-order valence-corrected chi connectivity index (χ3v) is 6.46. The molecule has 8 heteroatoms. The summed E-state index contributed by atoms with van der Waals surface area (Å²) in [6.45, 7) is 5.65. The molecule has 1 fully saturated rings. The maximum atomic E-state index is 13.1. The van der Waals surface area contributed by atoms with Gasteiger partial charge in [-0.3, -0.25) is 18.9 Å². The second-order valence-electron chi connectivity index (χ2n) is 8.88. The average Bonchev–Trinajstić information content (AvgIpc) is 3.32. The molecule has 1 aromatic heterocycles. The zero-order valence-corrected chi connectivity index (χ0v) is 20.6. The van der Waals surface area contributed by atoms with Gasteiger partial charge in [-0.25, -0.2) is 4.79 Å². The highest BCUT2D eigenvalue weighted by molar-refractivity contribution is 5.52. The van der Waals surface area contributed by atoms with E-state index in [4.69, 9.17) is 9.47 Å². The lowest BCUT2D eigenvalue weighted by molar-refractivity contribution is -0.109. The van der Waals surface area contributed by atoms with Crippen LogP contribution >= 0.6 is 0 Å². The van der Waals surface area contributed by atoms with Crippen LogP contribution in [0, 0.1) is 0 Å². The minimum absolute atomic E-state index is 0.154. The van der Waals surface area contributed by atoms with Gasteiger partial charge >= 0.3 is 5.69 Å². The molecule has 37 heavy (non-hydrogen) atoms. The highest BCUT2D eigenvalue weighted by Gasteiger charge is 2.16. The Bertz CT molecular complexity index is 1340. The molecule has 1 saturated heterocycles. The van der Waals surface area contributed by atoms with Crippen molar-refractivity contribution >= 4 is 6.29 Å². The molecule has 190 valence electrons. The Morgan fingerprint density at radius 3 is 1.81 bits per heavy atom. The van der Waals surface area contributed by atoms with E-state index in [1.54, 1.807) is 21.5 Å². The SMILES string of the molecule is O=CCN1CCN(CCOc2ccc(-n3ccn(-c4ccc(Oc5ccccc5)cc4)c3=O)cc2)CC1. The van der Waals surface area contributed by atoms with E-state index >= 15 is 0 Å². The molecule has 0 N–H and O–H groups in total. The highest BCUT2D eigenvalue weighted by Crippen LogP contribution is 2.22. The molecule has 0 aliphatic carbocycles. The number of imidazole rings is 1. The fraction of sp³-hybridized carbons (Fsp3) is 0.241. The number of aldehydes is 1. The first kappa shape index (κ1) is 24.5. The number of benzene rings is 3. The molecule has 2 heterocycles. The van der Waals surface area contributed by atoms with E-state index in [1.807, 2.05) is 78.9 Å². The second kappa shape index (κ2) is 11.7. The lowest BCUT2D eigenvalue weighted by atomic mass is 10.3. The van der Waals surface area contributed by atoms with Crippen LogP contribution in [0.2, 0.25) is 0 Å². The van der Waals surface area contributed by atoms with Gasteiger partial charge in [-0.15, -0.1) is 0 Å². The minimum atomic E-state index is -0.154. The van der Waals surface area contributed by atoms with Crippen LogP contribution in [-0.4, -0.2) is 71.1 Å². The van der Waals surface area contributed by atoms with Crippen LogP contribution in [0.4, 0.5) is 0 Å². The molecule has 0 atom stereocenters. The van der Waals surface area contributed by atoms with Crippen LogP contribution in [0.5, 0.6) is 17.2 Å². The summed E-state index contributed by atoms with van der Waals surface area (Å²) in [5.74, 6) is 2.24. The van der Waals surface area contributed by atoms with E-state index in [-0.39, 0.29) is 5.69 Å². The second-order valence-corrected chi connectivity index (χ2v) is 8.88. The number of hydrogen-bond donors (Lipinski definition) is 0. The molecule has 5 rings (SSSR count). The van der Waals surface area contributed by atoms with Gasteiger partial charge in [-0.2, -0.15) is 0 Å². The third-order valence-electron chi connectivity index (χ3n) is 6.46. The Hall–Kier alpha value is -4.14. The predicted molar refractivity (Wildman–Crippen MR) is 142 cm³/mol. The standard InChI is InChI=1S/C29H30N4O4/c34-22-20-30-14-16-31(17-15-30)21-23-36-26-10-6-24(7-11-26)32-18-19-33(29(32)35)25-8-12-28(13-9-25)37-27-4-2-1-3-5-27/h1-13,18-19,22H,14-17,20-21,23H2. The van der Waals surface area contributed by atoms with Gasteiger partial charge in [0.2, 0.25) is 0 Å². The van der Waals surface area contributed by atoms with E-state index in [0.29, 0.717) is 18.9 Å². The molecule has 0 radical (unpaired) electrons. The van der Waals surface area contributed by atoms with E-state index in [2.05, 4.69) is 9.80 Å². The number of nitrogens with zero attached hydrogens (tertiary/aromatic N) is 4. The largest absolute Gasteiger partial charge is 0.492 e. The molecular weight excluding hydrogens is 468 g/mol. The molecule has 0 saturated carbocycles. The number of carbonyl (C=O) groups excluding carboxylic acids is 1. The Labute approximate surface area is 215 Å². The van der Waals surface area contributed by atoms with Crippen LogP contribution in [0.25, 0.3) is 11.4 Å². The Balaban J connectivity index is 1.16. The van der Waals surface area contributed by atoms with Crippen molar-refractivity contribution in [1.82, 2.24) is 18.9 Å². The first-order valence-electron chi connectivity index (χ1n) is 12.4. The Morgan fingerprint density at radius 1 is 0.676 bits per heavy atom. The molecule has 0 spiro atoms. The van der Waals surface area contributed by atoms with Crippen molar-refractivity contribution in [2.24, 2.45) is 0 Å². The number of para-hydroxylation sites is 1. The maximum absolute atomic E-state index is 13.1. The van der Waals surface area contributed by atoms with Crippen molar-refractivity contribution in [3.63, 3.8) is 0 Å². The topological polar surface area (TPSA) is 68.9 Å². The summed E-state index contributed by atoms with van der Waals surface area (Å²) in [6, 6.07) is 24.6. The molecule has 8 nitrogen and oxygen atoms in total. The zero-order valence-electron chi connectivity index (χ0n) is 20.6. The first-order chi connectivity index (χ1) is 18.2. The van der Waals surface area contributed by atoms with Gasteiger partial charge in [0.1, 0.15) is 30.1 Å². The van der Waals surface area contributed by atoms with Crippen molar-refractivity contribution in [2.75, 3.05) is 45.9 Å². The van der Waals surface area contributed by atoms with Gasteiger partial charge in [-0.05, 0) is 60.7 Å². The van der Waals surface area contributed by atoms with E-state index < -0.39 is 0 Å². The quantitative estimate of drug-likeness (QED) is 0.311. The highest BCUT2D eigenvalue weighted by atomic mass is 16.5. The molecule has 1 aliphatic rings. The Kier molecular flexibility index (Phi) is 7.78. The van der Waals surface area contributed by atoms with Crippen molar-refractivity contribution in [1.29, 1.82) is 0 Å². The van der Waals surface area contributed by atoms with E-state index in [1.165, 1.54) is 0 Å². The summed E-state index contributed by atoms with van der Waals surface area (Å²) in [4.78, 5) is 28.2. The van der Waals surface area contributed by atoms with Gasteiger partial charge < -0.3 is 14.3 Å². The monoisotopic (exact) mass is 498 g/mol. The first-order valence-corrected chi connectivity index (χ1v) is 12.4. The molecule has 0 bridgehead atoms. The van der Waals surface area contributed by atoms with Crippen molar-refractivity contribution in [2.45, 2.75) is 0 Å². The lowest BCUT2D eigenvalue weighted by Crippen LogP contribution is -2.47. The summed E-state index contributed by atoms with van der Waals surface area (Å²) < 4.78 is 15.0. The summed E-state index contributed by atoms with van der Waals surface area (Å²) in [6.07, 6.45) is 4.48. The van der Waals surface area contributed by atoms with Crippen LogP contribution in [0.1, 0.15) is 0 Å². The van der Waals surface area contributed by atoms with Gasteiger partial charge in [0, 0.05) is 45.1 Å². The van der Waals surface area contributed by atoms with Crippen molar-refractivity contribution < 1.29 is 14.3 Å². The summed E-state index contributed by atoms with van der Waals surface area (Å²) >= 11 is 0. The van der Waals surface area contributed by atoms with Gasteiger partial charge in [-0.1, -0.05) is 18.2 Å². The molecule has 0 unspecified atom stereocenters. The normalized spacial score (nSPS) is 14.4. The summed E-state index contributed by atoms with van der Waals surface area (Å²) in [5, 5.41) is 0. The smallest absolute Gasteiger partial charge is 0.337 e. The molecule has 0 amide bonds. The fourth-order valence-electron chi connectivity index (χ4n) is 4.37. The van der Waals surface area contributed by atoms with Crippen LogP contribution in [0.3, 0.4) is 0 Å². The predicted octanol–water partition coefficient (Wildman–Crippen LogP) is 3.62. The van der Waals surface area contributed by atoms with Crippen molar-refractivity contribution in [3.05, 3.63) is 102 Å².